The molecule has 2 atom stereocenters. The largest absolute Gasteiger partial charge is 0.466 e. The minimum absolute atomic E-state index is 0.0406. The Bertz CT molecular complexity index is 1190. The molecule has 1 aliphatic rings. The molecule has 1 N–H and O–H groups in total. The first-order valence-corrected chi connectivity index (χ1v) is 14.1. The van der Waals surface area contributed by atoms with Crippen LogP contribution in [0.15, 0.2) is 60.7 Å². The molecule has 0 radical (unpaired) electrons. The van der Waals surface area contributed by atoms with Crippen molar-refractivity contribution in [2.75, 3.05) is 13.7 Å². The number of carbonyl (C=O) groups excluding carboxylic acids is 3. The molecule has 0 spiro atoms. The number of hydrogen-bond acceptors (Lipinski definition) is 7. The molecule has 2 aromatic rings. The van der Waals surface area contributed by atoms with Gasteiger partial charge in [-0.15, -0.1) is 0 Å². The summed E-state index contributed by atoms with van der Waals surface area (Å²) in [6.07, 6.45) is 4.96. The van der Waals surface area contributed by atoms with E-state index in [2.05, 4.69) is 56.8 Å². The molecule has 1 amide bonds. The summed E-state index contributed by atoms with van der Waals surface area (Å²) in [4.78, 5) is 43.1. The van der Waals surface area contributed by atoms with Crippen LogP contribution < -0.4 is 10.1 Å². The monoisotopic (exact) mass is 564 g/mol. The van der Waals surface area contributed by atoms with Crippen LogP contribution in [0.3, 0.4) is 0 Å². The Balaban J connectivity index is 1.76. The summed E-state index contributed by atoms with van der Waals surface area (Å²) >= 11 is 0. The van der Waals surface area contributed by atoms with Gasteiger partial charge in [0.05, 0.1) is 19.6 Å². The van der Waals surface area contributed by atoms with Crippen molar-refractivity contribution in [1.82, 2.24) is 10.4 Å². The normalized spacial score (nSPS) is 18.4. The van der Waals surface area contributed by atoms with E-state index in [0.29, 0.717) is 12.2 Å². The van der Waals surface area contributed by atoms with E-state index in [1.165, 1.54) is 13.2 Å². The number of rotatable bonds is 11. The van der Waals surface area contributed by atoms with Gasteiger partial charge in [-0.2, -0.15) is 5.06 Å². The number of methoxy groups -OCH3 is 1. The number of carbonyl (C=O) groups is 3. The third-order valence-corrected chi connectivity index (χ3v) is 7.46. The van der Waals surface area contributed by atoms with Crippen molar-refractivity contribution >= 4 is 23.9 Å². The van der Waals surface area contributed by atoms with Crippen LogP contribution in [0.25, 0.3) is 6.08 Å². The summed E-state index contributed by atoms with van der Waals surface area (Å²) in [5.74, 6) is -0.852. The molecular weight excluding hydrogens is 520 g/mol. The summed E-state index contributed by atoms with van der Waals surface area (Å²) in [5, 5.41) is 5.06. The van der Waals surface area contributed by atoms with E-state index in [9.17, 15) is 14.4 Å². The van der Waals surface area contributed by atoms with Gasteiger partial charge in [0.1, 0.15) is 5.75 Å². The second-order valence-corrected chi connectivity index (χ2v) is 12.1. The van der Waals surface area contributed by atoms with Gasteiger partial charge in [0.25, 0.3) is 0 Å². The standard InChI is InChI=1S/C33H44N2O6/c1-23(26-11-9-8-10-12-26)19-27(31(38)41-29-16-13-25(14-17-29)15-18-30(37)39-7)22-40-35-32(3,4)20-28(34-24(2)36)21-33(35,5)6/h8-18,23,27-28H,19-22H2,1-7H3,(H,34,36)/b18-15+. The van der Waals surface area contributed by atoms with E-state index >= 15 is 0 Å². The van der Waals surface area contributed by atoms with Crippen LogP contribution in [-0.4, -0.2) is 53.7 Å². The first-order valence-electron chi connectivity index (χ1n) is 14.1. The van der Waals surface area contributed by atoms with E-state index in [4.69, 9.17) is 9.57 Å². The maximum Gasteiger partial charge on any atom is 0.330 e. The molecule has 3 rings (SSSR count). The lowest BCUT2D eigenvalue weighted by Crippen LogP contribution is -2.64. The minimum atomic E-state index is -0.524. The quantitative estimate of drug-likeness (QED) is 0.213. The van der Waals surface area contributed by atoms with Crippen LogP contribution >= 0.6 is 0 Å². The fourth-order valence-corrected chi connectivity index (χ4v) is 5.82. The third kappa shape index (κ3) is 9.26. The van der Waals surface area contributed by atoms with Crippen molar-refractivity contribution in [2.24, 2.45) is 5.92 Å². The van der Waals surface area contributed by atoms with Crippen molar-refractivity contribution in [3.8, 4) is 5.75 Å². The number of amides is 1. The molecule has 1 heterocycles. The van der Waals surface area contributed by atoms with Crippen LogP contribution in [0, 0.1) is 5.92 Å². The van der Waals surface area contributed by atoms with Crippen LogP contribution in [-0.2, 0) is 24.0 Å². The Morgan fingerprint density at radius 1 is 1.00 bits per heavy atom. The van der Waals surface area contributed by atoms with Crippen molar-refractivity contribution < 1.29 is 28.7 Å². The predicted molar refractivity (Wildman–Crippen MR) is 159 cm³/mol. The highest BCUT2D eigenvalue weighted by Gasteiger charge is 2.47. The molecule has 2 unspecified atom stereocenters. The van der Waals surface area contributed by atoms with Crippen molar-refractivity contribution in [3.05, 3.63) is 71.8 Å². The summed E-state index contributed by atoms with van der Waals surface area (Å²) in [6, 6.07) is 17.1. The van der Waals surface area contributed by atoms with Gasteiger partial charge in [0.2, 0.25) is 5.91 Å². The van der Waals surface area contributed by atoms with E-state index in [1.54, 1.807) is 37.3 Å². The summed E-state index contributed by atoms with van der Waals surface area (Å²) in [5.41, 5.74) is 1.17. The first-order chi connectivity index (χ1) is 19.3. The molecule has 0 aromatic heterocycles. The number of nitrogens with zero attached hydrogens (tertiary/aromatic N) is 1. The molecule has 0 saturated carbocycles. The maximum atomic E-state index is 13.5. The Kier molecular flexibility index (Phi) is 10.9. The number of benzene rings is 2. The average molecular weight is 565 g/mol. The molecular formula is C33H44N2O6. The number of piperidine rings is 1. The smallest absolute Gasteiger partial charge is 0.330 e. The number of nitrogens with one attached hydrogen (secondary N) is 1. The lowest BCUT2D eigenvalue weighted by atomic mass is 9.79. The average Bonchev–Trinajstić information content (AvgIpc) is 2.90. The van der Waals surface area contributed by atoms with Crippen molar-refractivity contribution in [2.45, 2.75) is 83.8 Å². The Morgan fingerprint density at radius 3 is 2.17 bits per heavy atom. The number of hydroxylamine groups is 2. The Labute approximate surface area is 244 Å². The molecule has 2 aromatic carbocycles. The molecule has 0 aliphatic carbocycles. The minimum Gasteiger partial charge on any atom is -0.466 e. The Morgan fingerprint density at radius 2 is 1.61 bits per heavy atom. The van der Waals surface area contributed by atoms with E-state index in [1.807, 2.05) is 23.3 Å². The lowest BCUT2D eigenvalue weighted by molar-refractivity contribution is -0.288. The third-order valence-electron chi connectivity index (χ3n) is 7.46. The van der Waals surface area contributed by atoms with Gasteiger partial charge in [-0.05, 0) is 82.2 Å². The topological polar surface area (TPSA) is 94.2 Å². The molecule has 0 bridgehead atoms. The molecule has 1 aliphatic heterocycles. The fourth-order valence-electron chi connectivity index (χ4n) is 5.82. The van der Waals surface area contributed by atoms with Crippen molar-refractivity contribution in [3.63, 3.8) is 0 Å². The zero-order valence-electron chi connectivity index (χ0n) is 25.3. The van der Waals surface area contributed by atoms with Gasteiger partial charge in [-0.1, -0.05) is 49.4 Å². The molecule has 1 saturated heterocycles. The summed E-state index contributed by atoms with van der Waals surface area (Å²) < 4.78 is 10.4. The second-order valence-electron chi connectivity index (χ2n) is 12.1. The predicted octanol–water partition coefficient (Wildman–Crippen LogP) is 5.68. The first kappa shape index (κ1) is 32.0. The van der Waals surface area contributed by atoms with E-state index in [0.717, 1.165) is 24.0 Å². The SMILES string of the molecule is COC(=O)/C=C/c1ccc(OC(=O)C(CON2C(C)(C)CC(NC(C)=O)CC2(C)C)CC(C)c2ccccc2)cc1. The highest BCUT2D eigenvalue weighted by atomic mass is 16.7. The Hall–Kier alpha value is -3.49. The van der Waals surface area contributed by atoms with Gasteiger partial charge in [0.15, 0.2) is 0 Å². The molecule has 1 fully saturated rings. The van der Waals surface area contributed by atoms with Crippen LogP contribution in [0.2, 0.25) is 0 Å². The highest BCUT2D eigenvalue weighted by Crippen LogP contribution is 2.39. The highest BCUT2D eigenvalue weighted by molar-refractivity contribution is 5.87. The van der Waals surface area contributed by atoms with E-state index < -0.39 is 11.9 Å². The number of esters is 2. The second kappa shape index (κ2) is 13.9. The molecule has 8 heteroatoms. The lowest BCUT2D eigenvalue weighted by Gasteiger charge is -2.54. The van der Waals surface area contributed by atoms with Crippen molar-refractivity contribution in [1.29, 1.82) is 0 Å². The molecule has 8 nitrogen and oxygen atoms in total. The molecule has 222 valence electrons. The van der Waals surface area contributed by atoms with Gasteiger partial charge < -0.3 is 14.8 Å². The fraction of sp³-hybridized carbons (Fsp3) is 0.485. The van der Waals surface area contributed by atoms with E-state index in [-0.39, 0.29) is 41.5 Å². The zero-order chi connectivity index (χ0) is 30.2. The van der Waals surface area contributed by atoms with Crippen LogP contribution in [0.4, 0.5) is 0 Å². The van der Waals surface area contributed by atoms with Crippen LogP contribution in [0.5, 0.6) is 5.75 Å². The zero-order valence-corrected chi connectivity index (χ0v) is 25.3. The number of hydrogen-bond donors (Lipinski definition) is 1. The van der Waals surface area contributed by atoms with Gasteiger partial charge in [-0.3, -0.25) is 14.4 Å². The van der Waals surface area contributed by atoms with Crippen LogP contribution in [0.1, 0.15) is 77.8 Å². The number of ether oxygens (including phenoxy) is 2. The van der Waals surface area contributed by atoms with Gasteiger partial charge >= 0.3 is 11.9 Å². The summed E-state index contributed by atoms with van der Waals surface area (Å²) in [6.45, 7) is 12.2. The summed E-state index contributed by atoms with van der Waals surface area (Å²) in [7, 11) is 1.32. The molecule has 41 heavy (non-hydrogen) atoms. The van der Waals surface area contributed by atoms with Gasteiger partial charge in [-0.25, -0.2) is 4.79 Å². The van der Waals surface area contributed by atoms with Gasteiger partial charge in [0, 0.05) is 30.1 Å². The maximum absolute atomic E-state index is 13.5.